The van der Waals surface area contributed by atoms with Gasteiger partial charge >= 0.3 is 0 Å². The minimum atomic E-state index is -0.250. The Kier molecular flexibility index (Phi) is 11.9. The number of primary amides is 1. The summed E-state index contributed by atoms with van der Waals surface area (Å²) in [5, 5.41) is 6.89. The number of nitrogens with one attached hydrogen (secondary N) is 1. The maximum Gasteiger partial charge on any atom is 0.290 e. The van der Waals surface area contributed by atoms with Crippen molar-refractivity contribution in [3.8, 4) is 11.1 Å². The summed E-state index contributed by atoms with van der Waals surface area (Å²) in [6, 6.07) is 15.2. The number of hydrogen-bond acceptors (Lipinski definition) is 5. The molecule has 8 heteroatoms. The number of fused-ring (bicyclic) bond motifs is 3. The maximum absolute atomic E-state index is 11.5. The molecule has 0 spiro atoms. The van der Waals surface area contributed by atoms with Crippen LogP contribution in [0.25, 0.3) is 22.2 Å². The van der Waals surface area contributed by atoms with Crippen LogP contribution in [-0.4, -0.2) is 34.1 Å². The Hall–Kier alpha value is -2.84. The third-order valence-electron chi connectivity index (χ3n) is 8.53. The van der Waals surface area contributed by atoms with Crippen LogP contribution in [0.1, 0.15) is 75.1 Å². The molecule has 3 aromatic rings. The molecule has 212 valence electrons. The third-order valence-corrected chi connectivity index (χ3v) is 8.53. The summed E-state index contributed by atoms with van der Waals surface area (Å²) in [6.07, 6.45) is 11.9. The molecule has 0 aliphatic heterocycles. The Labute approximate surface area is 238 Å². The molecule has 39 heavy (non-hydrogen) atoms. The molecule has 2 bridgehead atoms. The highest BCUT2D eigenvalue weighted by Crippen LogP contribution is 2.44. The first-order valence-electron chi connectivity index (χ1n) is 14.0. The number of imidazole rings is 1. The smallest absolute Gasteiger partial charge is 0.290 e. The quantitative estimate of drug-likeness (QED) is 0.227. The van der Waals surface area contributed by atoms with Gasteiger partial charge in [-0.15, -0.1) is 0 Å². The molecule has 2 atom stereocenters. The number of aromatic nitrogens is 2. The van der Waals surface area contributed by atoms with Crippen LogP contribution in [0.4, 0.5) is 0 Å². The summed E-state index contributed by atoms with van der Waals surface area (Å²) in [4.78, 5) is 24.5. The first-order chi connectivity index (χ1) is 18.8. The number of hydrogen-bond donors (Lipinski definition) is 4. The van der Waals surface area contributed by atoms with Crippen molar-refractivity contribution in [2.24, 2.45) is 30.5 Å². The fourth-order valence-electron chi connectivity index (χ4n) is 6.37. The van der Waals surface area contributed by atoms with E-state index in [0.717, 1.165) is 42.5 Å². The molecule has 3 aliphatic rings. The number of nitrogens with two attached hydrogens (primary N) is 1. The van der Waals surface area contributed by atoms with Crippen molar-refractivity contribution in [3.05, 3.63) is 53.9 Å². The van der Waals surface area contributed by atoms with Crippen LogP contribution < -0.4 is 10.5 Å². The zero-order valence-corrected chi connectivity index (χ0v) is 24.4. The average molecular weight is 553 g/mol. The number of thiol groups is 1. The van der Waals surface area contributed by atoms with E-state index in [4.69, 9.17) is 15.6 Å². The molecule has 7 nitrogen and oxygen atoms in total. The highest BCUT2D eigenvalue weighted by Gasteiger charge is 2.30. The van der Waals surface area contributed by atoms with Crippen molar-refractivity contribution >= 4 is 36.2 Å². The molecular weight excluding hydrogens is 508 g/mol. The van der Waals surface area contributed by atoms with E-state index < -0.39 is 0 Å². The zero-order valence-electron chi connectivity index (χ0n) is 23.5. The molecule has 1 amide bonds. The van der Waals surface area contributed by atoms with Crippen molar-refractivity contribution in [2.45, 2.75) is 70.6 Å². The topological polar surface area (TPSA) is 110 Å². The highest BCUT2D eigenvalue weighted by molar-refractivity contribution is 7.78. The second kappa shape index (κ2) is 15.1. The van der Waals surface area contributed by atoms with Gasteiger partial charge < -0.3 is 15.4 Å². The van der Waals surface area contributed by atoms with Gasteiger partial charge in [0, 0.05) is 13.0 Å². The van der Waals surface area contributed by atoms with Crippen molar-refractivity contribution in [1.29, 1.82) is 0 Å². The Bertz CT molecular complexity index is 1190. The fourth-order valence-corrected chi connectivity index (χ4v) is 6.37. The number of benzene rings is 2. The number of amides is 1. The SMILES string of the molecule is C1CC2CCC1C2.CNS.Cc1nc2cc(-c3ccc(C4CCCC(C(N)=O)C4)cc3)ccc2n1C.O=CO. The first kappa shape index (κ1) is 30.7. The molecule has 3 saturated carbocycles. The van der Waals surface area contributed by atoms with Crippen LogP contribution in [0.2, 0.25) is 0 Å². The summed E-state index contributed by atoms with van der Waals surface area (Å²) in [5.74, 6) is 3.69. The Morgan fingerprint density at radius 3 is 2.10 bits per heavy atom. The first-order valence-corrected chi connectivity index (χ1v) is 14.5. The second-order valence-electron chi connectivity index (χ2n) is 11.0. The Morgan fingerprint density at radius 2 is 1.59 bits per heavy atom. The lowest BCUT2D eigenvalue weighted by molar-refractivity contribution is -0.123. The highest BCUT2D eigenvalue weighted by atomic mass is 32.1. The van der Waals surface area contributed by atoms with Gasteiger partial charge in [0.2, 0.25) is 5.91 Å². The minimum Gasteiger partial charge on any atom is -0.483 e. The molecule has 4 N–H and O–H groups in total. The number of carbonyl (C=O) groups is 2. The fraction of sp³-hybridized carbons (Fsp3) is 0.516. The van der Waals surface area contributed by atoms with Gasteiger partial charge in [-0.05, 0) is 86.2 Å². The van der Waals surface area contributed by atoms with E-state index in [9.17, 15) is 4.79 Å². The standard InChI is InChI=1S/C22H25N3O.C7H12.CH5NS.CH2O2/c1-14-24-20-13-18(10-11-21(20)25(14)2)16-8-6-15(7-9-16)17-4-3-5-19(12-17)22(23)26;1-2-7-4-3-6(1)5-7;1-2-3;2-1-3/h6-11,13,17,19H,3-5,12H2,1-2H3,(H2,23,26);6-7H,1-5H2;2-3H,1H3;1H,(H,2,3). The molecule has 1 heterocycles. The number of aryl methyl sites for hydroxylation is 2. The molecule has 2 unspecified atom stereocenters. The predicted octanol–water partition coefficient (Wildman–Crippen LogP) is 6.26. The van der Waals surface area contributed by atoms with Gasteiger partial charge in [-0.2, -0.15) is 0 Å². The van der Waals surface area contributed by atoms with E-state index >= 15 is 0 Å². The lowest BCUT2D eigenvalue weighted by atomic mass is 9.77. The van der Waals surface area contributed by atoms with Crippen LogP contribution in [0.3, 0.4) is 0 Å². The van der Waals surface area contributed by atoms with Gasteiger partial charge in [0.05, 0.1) is 11.0 Å². The van der Waals surface area contributed by atoms with E-state index in [1.807, 2.05) is 14.0 Å². The van der Waals surface area contributed by atoms with Crippen LogP contribution >= 0.6 is 12.8 Å². The molecule has 3 fully saturated rings. The zero-order chi connectivity index (χ0) is 28.4. The van der Waals surface area contributed by atoms with E-state index in [-0.39, 0.29) is 18.3 Å². The lowest BCUT2D eigenvalue weighted by Gasteiger charge is -2.27. The number of rotatable bonds is 3. The number of carboxylic acid groups (broad SMARTS) is 1. The minimum absolute atomic E-state index is 0.0308. The Morgan fingerprint density at radius 1 is 1.03 bits per heavy atom. The largest absolute Gasteiger partial charge is 0.483 e. The molecule has 6 rings (SSSR count). The van der Waals surface area contributed by atoms with Crippen LogP contribution in [-0.2, 0) is 16.6 Å². The summed E-state index contributed by atoms with van der Waals surface area (Å²) in [7, 11) is 3.78. The normalized spacial score (nSPS) is 23.0. The lowest BCUT2D eigenvalue weighted by Crippen LogP contribution is -2.27. The summed E-state index contributed by atoms with van der Waals surface area (Å²) < 4.78 is 4.56. The predicted molar refractivity (Wildman–Crippen MR) is 162 cm³/mol. The number of carbonyl (C=O) groups excluding carboxylic acids is 1. The molecule has 2 aromatic carbocycles. The van der Waals surface area contributed by atoms with Gasteiger partial charge in [0.15, 0.2) is 0 Å². The monoisotopic (exact) mass is 552 g/mol. The Balaban J connectivity index is 0.000000266. The van der Waals surface area contributed by atoms with Crippen molar-refractivity contribution < 1.29 is 14.7 Å². The van der Waals surface area contributed by atoms with Crippen LogP contribution in [0.15, 0.2) is 42.5 Å². The molecular formula is C31H44N4O3S. The second-order valence-corrected chi connectivity index (χ2v) is 11.4. The van der Waals surface area contributed by atoms with Crippen molar-refractivity contribution in [1.82, 2.24) is 14.3 Å². The average Bonchev–Trinajstić information content (AvgIpc) is 3.67. The van der Waals surface area contributed by atoms with E-state index in [1.54, 1.807) is 39.2 Å². The van der Waals surface area contributed by atoms with Gasteiger partial charge in [0.1, 0.15) is 5.82 Å². The summed E-state index contributed by atoms with van der Waals surface area (Å²) in [6.45, 7) is 1.78. The maximum atomic E-state index is 11.5. The van der Waals surface area contributed by atoms with Gasteiger partial charge in [0.25, 0.3) is 6.47 Å². The number of nitrogens with zero attached hydrogens (tertiary/aromatic N) is 2. The third kappa shape index (κ3) is 8.32. The molecule has 0 saturated heterocycles. The van der Waals surface area contributed by atoms with Gasteiger partial charge in [-0.1, -0.05) is 75.3 Å². The van der Waals surface area contributed by atoms with E-state index in [2.05, 4.69) is 69.6 Å². The van der Waals surface area contributed by atoms with Gasteiger partial charge in [-0.25, -0.2) is 4.98 Å². The van der Waals surface area contributed by atoms with Gasteiger partial charge in [-0.3, -0.25) is 14.3 Å². The molecule has 0 radical (unpaired) electrons. The van der Waals surface area contributed by atoms with Crippen LogP contribution in [0, 0.1) is 24.7 Å². The summed E-state index contributed by atoms with van der Waals surface area (Å²) in [5.41, 5.74) is 11.4. The van der Waals surface area contributed by atoms with E-state index in [0.29, 0.717) is 5.92 Å². The molecule has 1 aromatic heterocycles. The van der Waals surface area contributed by atoms with E-state index in [1.165, 1.54) is 28.5 Å². The molecule has 3 aliphatic carbocycles. The van der Waals surface area contributed by atoms with Crippen molar-refractivity contribution in [2.75, 3.05) is 7.05 Å². The van der Waals surface area contributed by atoms with Crippen molar-refractivity contribution in [3.63, 3.8) is 0 Å². The summed E-state index contributed by atoms with van der Waals surface area (Å²) >= 11 is 3.54. The van der Waals surface area contributed by atoms with Crippen LogP contribution in [0.5, 0.6) is 0 Å².